The van der Waals surface area contributed by atoms with Crippen molar-refractivity contribution in [3.05, 3.63) is 24.3 Å². The molecule has 2 amide bonds. The van der Waals surface area contributed by atoms with Crippen LogP contribution in [0, 0.1) is 10.8 Å². The van der Waals surface area contributed by atoms with Gasteiger partial charge in [-0.2, -0.15) is 0 Å². The van der Waals surface area contributed by atoms with Gasteiger partial charge in [0, 0.05) is 0 Å². The van der Waals surface area contributed by atoms with E-state index < -0.39 is 10.8 Å². The van der Waals surface area contributed by atoms with E-state index in [1.54, 1.807) is 31.4 Å². The van der Waals surface area contributed by atoms with E-state index in [0.29, 0.717) is 11.4 Å². The van der Waals surface area contributed by atoms with Crippen LogP contribution in [-0.4, -0.2) is 18.9 Å². The summed E-state index contributed by atoms with van der Waals surface area (Å²) in [5.74, 6) is 0.566. The number of carbonyl (C=O) groups excluding carboxylic acids is 2. The molecule has 1 heterocycles. The second-order valence-electron chi connectivity index (χ2n) is 5.81. The van der Waals surface area contributed by atoms with Crippen molar-refractivity contribution in [1.29, 1.82) is 0 Å². The van der Waals surface area contributed by atoms with Crippen LogP contribution in [0.3, 0.4) is 0 Å². The van der Waals surface area contributed by atoms with Crippen LogP contribution in [0.15, 0.2) is 24.3 Å². The van der Waals surface area contributed by atoms with E-state index in [1.807, 2.05) is 13.8 Å². The molecule has 1 aliphatic carbocycles. The highest BCUT2D eigenvalue weighted by Gasteiger charge is 2.70. The first kappa shape index (κ1) is 12.2. The molecular formula is C15H17NO3. The van der Waals surface area contributed by atoms with Crippen LogP contribution in [-0.2, 0) is 9.59 Å². The lowest BCUT2D eigenvalue weighted by Crippen LogP contribution is -2.49. The van der Waals surface area contributed by atoms with E-state index in [2.05, 4.69) is 0 Å². The topological polar surface area (TPSA) is 46.6 Å². The summed E-state index contributed by atoms with van der Waals surface area (Å²) in [6, 6.07) is 7.04. The molecule has 1 aromatic carbocycles. The second kappa shape index (κ2) is 3.59. The Kier molecular flexibility index (Phi) is 2.31. The fraction of sp³-hybridized carbons (Fsp3) is 0.467. The number of hydrogen-bond donors (Lipinski definition) is 0. The first-order chi connectivity index (χ1) is 8.94. The maximum Gasteiger partial charge on any atom is 0.240 e. The Bertz CT molecular complexity index is 537. The standard InChI is InChI=1S/C15H17NO3/c1-14-8-9-15(14,2)13(18)16(12(14)17)10-4-6-11(19-3)7-5-10/h4-7H,8-9H2,1-3H3. The first-order valence-electron chi connectivity index (χ1n) is 6.47. The van der Waals surface area contributed by atoms with Crippen molar-refractivity contribution in [3.8, 4) is 5.75 Å². The van der Waals surface area contributed by atoms with Gasteiger partial charge in [0.2, 0.25) is 11.8 Å². The van der Waals surface area contributed by atoms with Gasteiger partial charge in [-0.1, -0.05) is 0 Å². The minimum atomic E-state index is -0.524. The molecule has 2 unspecified atom stereocenters. The third kappa shape index (κ3) is 1.29. The summed E-state index contributed by atoms with van der Waals surface area (Å²) in [6.07, 6.45) is 1.58. The average Bonchev–Trinajstić information content (AvgIpc) is 2.52. The molecule has 2 fully saturated rings. The number of fused-ring (bicyclic) bond motifs is 1. The SMILES string of the molecule is COc1ccc(N2C(=O)C3(C)CCC3(C)C2=O)cc1. The number of amides is 2. The van der Waals surface area contributed by atoms with Crippen molar-refractivity contribution in [2.75, 3.05) is 12.0 Å². The van der Waals surface area contributed by atoms with E-state index in [1.165, 1.54) is 4.90 Å². The molecule has 2 aliphatic rings. The predicted molar refractivity (Wildman–Crippen MR) is 70.9 cm³/mol. The molecule has 100 valence electrons. The molecule has 3 rings (SSSR count). The number of hydrogen-bond acceptors (Lipinski definition) is 3. The number of anilines is 1. The number of benzene rings is 1. The number of carbonyl (C=O) groups is 2. The van der Waals surface area contributed by atoms with Crippen LogP contribution in [0.1, 0.15) is 26.7 Å². The smallest absolute Gasteiger partial charge is 0.240 e. The molecule has 0 spiro atoms. The Labute approximate surface area is 112 Å². The normalized spacial score (nSPS) is 33.1. The largest absolute Gasteiger partial charge is 0.497 e. The van der Waals surface area contributed by atoms with Crippen LogP contribution < -0.4 is 9.64 Å². The lowest BCUT2D eigenvalue weighted by Gasteiger charge is -2.46. The van der Waals surface area contributed by atoms with E-state index in [0.717, 1.165) is 12.8 Å². The molecule has 1 aromatic rings. The van der Waals surface area contributed by atoms with Gasteiger partial charge in [-0.25, -0.2) is 4.90 Å². The van der Waals surface area contributed by atoms with Gasteiger partial charge >= 0.3 is 0 Å². The zero-order valence-electron chi connectivity index (χ0n) is 11.4. The molecule has 1 aliphatic heterocycles. The third-order valence-electron chi connectivity index (χ3n) is 5.02. The highest BCUT2D eigenvalue weighted by atomic mass is 16.5. The van der Waals surface area contributed by atoms with E-state index in [4.69, 9.17) is 4.74 Å². The van der Waals surface area contributed by atoms with E-state index >= 15 is 0 Å². The number of imide groups is 1. The van der Waals surface area contributed by atoms with Crippen molar-refractivity contribution < 1.29 is 14.3 Å². The third-order valence-corrected chi connectivity index (χ3v) is 5.02. The predicted octanol–water partition coefficient (Wildman–Crippen LogP) is 2.37. The summed E-state index contributed by atoms with van der Waals surface area (Å²) in [4.78, 5) is 26.4. The van der Waals surface area contributed by atoms with Gasteiger partial charge in [-0.15, -0.1) is 0 Å². The Morgan fingerprint density at radius 3 is 1.84 bits per heavy atom. The molecule has 0 aromatic heterocycles. The van der Waals surface area contributed by atoms with Gasteiger partial charge < -0.3 is 4.74 Å². The number of rotatable bonds is 2. The highest BCUT2D eigenvalue weighted by molar-refractivity contribution is 6.26. The van der Waals surface area contributed by atoms with Crippen LogP contribution in [0.5, 0.6) is 5.75 Å². The summed E-state index contributed by atoms with van der Waals surface area (Å²) in [5, 5.41) is 0. The molecule has 4 heteroatoms. The Balaban J connectivity index is 2.01. The summed E-state index contributed by atoms with van der Waals surface area (Å²) >= 11 is 0. The van der Waals surface area contributed by atoms with Crippen molar-refractivity contribution in [2.24, 2.45) is 10.8 Å². The number of methoxy groups -OCH3 is 1. The van der Waals surface area contributed by atoms with Crippen molar-refractivity contribution >= 4 is 17.5 Å². The van der Waals surface area contributed by atoms with Crippen molar-refractivity contribution in [1.82, 2.24) is 0 Å². The summed E-state index contributed by atoms with van der Waals surface area (Å²) in [5.41, 5.74) is -0.416. The summed E-state index contributed by atoms with van der Waals surface area (Å²) in [6.45, 7) is 3.81. The molecule has 2 atom stereocenters. The zero-order valence-corrected chi connectivity index (χ0v) is 11.4. The molecular weight excluding hydrogens is 242 g/mol. The first-order valence-corrected chi connectivity index (χ1v) is 6.47. The van der Waals surface area contributed by atoms with E-state index in [-0.39, 0.29) is 11.8 Å². The average molecular weight is 259 g/mol. The van der Waals surface area contributed by atoms with E-state index in [9.17, 15) is 9.59 Å². The van der Waals surface area contributed by atoms with Crippen LogP contribution in [0.2, 0.25) is 0 Å². The molecule has 1 saturated carbocycles. The van der Waals surface area contributed by atoms with Gasteiger partial charge in [0.1, 0.15) is 5.75 Å². The van der Waals surface area contributed by atoms with Gasteiger partial charge in [0.05, 0.1) is 23.6 Å². The Morgan fingerprint density at radius 2 is 1.47 bits per heavy atom. The molecule has 1 saturated heterocycles. The van der Waals surface area contributed by atoms with Crippen LogP contribution in [0.25, 0.3) is 0 Å². The number of nitrogens with zero attached hydrogens (tertiary/aromatic N) is 1. The maximum atomic E-state index is 12.5. The van der Waals surface area contributed by atoms with Crippen molar-refractivity contribution in [3.63, 3.8) is 0 Å². The van der Waals surface area contributed by atoms with Crippen LogP contribution in [0.4, 0.5) is 5.69 Å². The molecule has 4 nitrogen and oxygen atoms in total. The Hall–Kier alpha value is -1.84. The fourth-order valence-corrected chi connectivity index (χ4v) is 3.11. The molecule has 0 bridgehead atoms. The quantitative estimate of drug-likeness (QED) is 0.766. The lowest BCUT2D eigenvalue weighted by atomic mass is 9.52. The molecule has 0 N–H and O–H groups in total. The van der Waals surface area contributed by atoms with Crippen LogP contribution >= 0.6 is 0 Å². The van der Waals surface area contributed by atoms with Gasteiger partial charge in [0.15, 0.2) is 0 Å². The monoisotopic (exact) mass is 259 g/mol. The maximum absolute atomic E-state index is 12.5. The molecule has 0 radical (unpaired) electrons. The summed E-state index contributed by atoms with van der Waals surface area (Å²) < 4.78 is 5.09. The van der Waals surface area contributed by atoms with Gasteiger partial charge in [0.25, 0.3) is 0 Å². The number of ether oxygens (including phenoxy) is 1. The molecule has 19 heavy (non-hydrogen) atoms. The minimum absolute atomic E-state index is 0.0728. The van der Waals surface area contributed by atoms with Gasteiger partial charge in [-0.3, -0.25) is 9.59 Å². The van der Waals surface area contributed by atoms with Crippen molar-refractivity contribution in [2.45, 2.75) is 26.7 Å². The Morgan fingerprint density at radius 1 is 1.00 bits per heavy atom. The summed E-state index contributed by atoms with van der Waals surface area (Å²) in [7, 11) is 1.59. The second-order valence-corrected chi connectivity index (χ2v) is 5.81. The lowest BCUT2D eigenvalue weighted by molar-refractivity contribution is -0.145. The zero-order chi connectivity index (χ0) is 13.8. The van der Waals surface area contributed by atoms with Gasteiger partial charge in [-0.05, 0) is 51.0 Å². The fourth-order valence-electron chi connectivity index (χ4n) is 3.11. The highest BCUT2D eigenvalue weighted by Crippen LogP contribution is 2.62. The minimum Gasteiger partial charge on any atom is -0.497 e.